The highest BCUT2D eigenvalue weighted by molar-refractivity contribution is 5.53. The fourth-order valence-electron chi connectivity index (χ4n) is 2.68. The molecule has 3 rings (SSSR count). The van der Waals surface area contributed by atoms with E-state index in [1.54, 1.807) is 12.1 Å². The standard InChI is InChI=1S/C21H20N4O2/c1-2-24(16-17-6-4-3-5-7-17)20-12-8-18(9-13-20)22-23-19-10-14-21(15-11-19)25(26)27/h3-15H,2,16H2,1H3. The zero-order valence-corrected chi connectivity index (χ0v) is 15.0. The number of nitrogens with zero attached hydrogens (tertiary/aromatic N) is 4. The Balaban J connectivity index is 1.67. The third-order valence-corrected chi connectivity index (χ3v) is 4.15. The highest BCUT2D eigenvalue weighted by Gasteiger charge is 2.06. The van der Waals surface area contributed by atoms with Crippen molar-refractivity contribution in [2.24, 2.45) is 10.2 Å². The van der Waals surface area contributed by atoms with Crippen molar-refractivity contribution in [3.05, 3.63) is 94.5 Å². The quantitative estimate of drug-likeness (QED) is 0.293. The molecule has 0 N–H and O–H groups in total. The predicted octanol–water partition coefficient (Wildman–Crippen LogP) is 6.04. The van der Waals surface area contributed by atoms with Crippen molar-refractivity contribution in [3.8, 4) is 0 Å². The largest absolute Gasteiger partial charge is 0.367 e. The van der Waals surface area contributed by atoms with E-state index in [9.17, 15) is 10.1 Å². The van der Waals surface area contributed by atoms with Crippen LogP contribution >= 0.6 is 0 Å². The minimum Gasteiger partial charge on any atom is -0.367 e. The van der Waals surface area contributed by atoms with E-state index < -0.39 is 4.92 Å². The first kappa shape index (κ1) is 18.3. The van der Waals surface area contributed by atoms with Crippen molar-refractivity contribution in [2.75, 3.05) is 11.4 Å². The predicted molar refractivity (Wildman–Crippen MR) is 107 cm³/mol. The summed E-state index contributed by atoms with van der Waals surface area (Å²) in [5.41, 5.74) is 3.73. The summed E-state index contributed by atoms with van der Waals surface area (Å²) in [6.07, 6.45) is 0. The van der Waals surface area contributed by atoms with Gasteiger partial charge in [-0.15, -0.1) is 0 Å². The molecule has 0 bridgehead atoms. The smallest absolute Gasteiger partial charge is 0.269 e. The number of rotatable bonds is 7. The van der Waals surface area contributed by atoms with Crippen LogP contribution in [0.25, 0.3) is 0 Å². The van der Waals surface area contributed by atoms with E-state index in [0.717, 1.165) is 24.5 Å². The van der Waals surface area contributed by atoms with Crippen molar-refractivity contribution in [1.29, 1.82) is 0 Å². The maximum absolute atomic E-state index is 10.7. The fraction of sp³-hybridized carbons (Fsp3) is 0.143. The van der Waals surface area contributed by atoms with Gasteiger partial charge < -0.3 is 4.90 Å². The zero-order valence-electron chi connectivity index (χ0n) is 15.0. The summed E-state index contributed by atoms with van der Waals surface area (Å²) in [4.78, 5) is 12.5. The highest BCUT2D eigenvalue weighted by Crippen LogP contribution is 2.24. The Morgan fingerprint density at radius 2 is 1.41 bits per heavy atom. The Kier molecular flexibility index (Phi) is 5.89. The van der Waals surface area contributed by atoms with Gasteiger partial charge in [0.2, 0.25) is 0 Å². The summed E-state index contributed by atoms with van der Waals surface area (Å²) < 4.78 is 0. The Morgan fingerprint density at radius 3 is 1.93 bits per heavy atom. The number of benzene rings is 3. The molecule has 27 heavy (non-hydrogen) atoms. The number of nitro groups is 1. The number of anilines is 1. The van der Waals surface area contributed by atoms with Crippen LogP contribution in [0, 0.1) is 10.1 Å². The van der Waals surface area contributed by atoms with Crippen LogP contribution in [0.4, 0.5) is 22.7 Å². The number of non-ortho nitro benzene ring substituents is 1. The molecule has 6 nitrogen and oxygen atoms in total. The molecule has 0 aliphatic carbocycles. The second kappa shape index (κ2) is 8.71. The van der Waals surface area contributed by atoms with E-state index >= 15 is 0 Å². The molecule has 0 saturated heterocycles. The highest BCUT2D eigenvalue weighted by atomic mass is 16.6. The molecule has 0 saturated carbocycles. The number of hydrogen-bond donors (Lipinski definition) is 0. The van der Waals surface area contributed by atoms with Crippen LogP contribution in [-0.4, -0.2) is 11.5 Å². The Bertz CT molecular complexity index is 907. The lowest BCUT2D eigenvalue weighted by molar-refractivity contribution is -0.384. The molecule has 3 aromatic rings. The third kappa shape index (κ3) is 4.98. The van der Waals surface area contributed by atoms with E-state index in [2.05, 4.69) is 34.2 Å². The fourth-order valence-corrected chi connectivity index (χ4v) is 2.68. The molecular formula is C21H20N4O2. The van der Waals surface area contributed by atoms with Gasteiger partial charge in [-0.05, 0) is 48.9 Å². The molecule has 0 aliphatic rings. The van der Waals surface area contributed by atoms with Gasteiger partial charge in [0.05, 0.1) is 16.3 Å². The van der Waals surface area contributed by atoms with Gasteiger partial charge >= 0.3 is 0 Å². The van der Waals surface area contributed by atoms with Crippen LogP contribution < -0.4 is 4.90 Å². The van der Waals surface area contributed by atoms with Crippen LogP contribution in [0.5, 0.6) is 0 Å². The third-order valence-electron chi connectivity index (χ3n) is 4.15. The van der Waals surface area contributed by atoms with Crippen LogP contribution in [-0.2, 0) is 6.54 Å². The summed E-state index contributed by atoms with van der Waals surface area (Å²) in [6.45, 7) is 3.88. The molecule has 3 aromatic carbocycles. The molecule has 6 heteroatoms. The van der Waals surface area contributed by atoms with E-state index in [1.165, 1.54) is 17.7 Å². The first-order chi connectivity index (χ1) is 13.2. The van der Waals surface area contributed by atoms with Gasteiger partial charge in [0, 0.05) is 30.9 Å². The average Bonchev–Trinajstić information content (AvgIpc) is 2.72. The van der Waals surface area contributed by atoms with E-state index in [1.807, 2.05) is 42.5 Å². The van der Waals surface area contributed by atoms with Gasteiger partial charge in [-0.2, -0.15) is 10.2 Å². The summed E-state index contributed by atoms with van der Waals surface area (Å²) >= 11 is 0. The van der Waals surface area contributed by atoms with E-state index in [0.29, 0.717) is 5.69 Å². The first-order valence-corrected chi connectivity index (χ1v) is 8.71. The molecular weight excluding hydrogens is 340 g/mol. The van der Waals surface area contributed by atoms with Crippen LogP contribution in [0.1, 0.15) is 12.5 Å². The molecule has 0 aliphatic heterocycles. The summed E-state index contributed by atoms with van der Waals surface area (Å²) in [6, 6.07) is 24.2. The van der Waals surface area contributed by atoms with Gasteiger partial charge in [-0.1, -0.05) is 30.3 Å². The second-order valence-corrected chi connectivity index (χ2v) is 5.99. The lowest BCUT2D eigenvalue weighted by Crippen LogP contribution is -2.21. The topological polar surface area (TPSA) is 71.1 Å². The maximum atomic E-state index is 10.7. The molecule has 0 fully saturated rings. The number of nitro benzene ring substituents is 1. The van der Waals surface area contributed by atoms with Crippen molar-refractivity contribution in [3.63, 3.8) is 0 Å². The van der Waals surface area contributed by atoms with Crippen LogP contribution in [0.3, 0.4) is 0 Å². The van der Waals surface area contributed by atoms with Gasteiger partial charge in [-0.3, -0.25) is 10.1 Å². The summed E-state index contributed by atoms with van der Waals surface area (Å²) in [5, 5.41) is 19.0. The van der Waals surface area contributed by atoms with Gasteiger partial charge in [-0.25, -0.2) is 0 Å². The molecule has 0 unspecified atom stereocenters. The van der Waals surface area contributed by atoms with E-state index in [-0.39, 0.29) is 5.69 Å². The number of hydrogen-bond acceptors (Lipinski definition) is 5. The lowest BCUT2D eigenvalue weighted by Gasteiger charge is -2.23. The normalized spacial score (nSPS) is 10.9. The molecule has 0 aromatic heterocycles. The Hall–Kier alpha value is -3.54. The van der Waals surface area contributed by atoms with Crippen molar-refractivity contribution >= 4 is 22.7 Å². The molecule has 0 spiro atoms. The van der Waals surface area contributed by atoms with Crippen LogP contribution in [0.15, 0.2) is 89.1 Å². The maximum Gasteiger partial charge on any atom is 0.269 e. The van der Waals surface area contributed by atoms with Crippen molar-refractivity contribution < 1.29 is 4.92 Å². The second-order valence-electron chi connectivity index (χ2n) is 5.99. The van der Waals surface area contributed by atoms with Gasteiger partial charge in [0.15, 0.2) is 0 Å². The molecule has 0 heterocycles. The molecule has 0 radical (unpaired) electrons. The average molecular weight is 360 g/mol. The van der Waals surface area contributed by atoms with Gasteiger partial charge in [0.1, 0.15) is 0 Å². The van der Waals surface area contributed by atoms with Gasteiger partial charge in [0.25, 0.3) is 5.69 Å². The van der Waals surface area contributed by atoms with Crippen molar-refractivity contribution in [2.45, 2.75) is 13.5 Å². The summed E-state index contributed by atoms with van der Waals surface area (Å²) in [5.74, 6) is 0. The van der Waals surface area contributed by atoms with Crippen molar-refractivity contribution in [1.82, 2.24) is 0 Å². The minimum atomic E-state index is -0.436. The minimum absolute atomic E-state index is 0.0383. The van der Waals surface area contributed by atoms with E-state index in [4.69, 9.17) is 0 Å². The monoisotopic (exact) mass is 360 g/mol. The zero-order chi connectivity index (χ0) is 19.1. The first-order valence-electron chi connectivity index (χ1n) is 8.71. The lowest BCUT2D eigenvalue weighted by atomic mass is 10.2. The Morgan fingerprint density at radius 1 is 0.852 bits per heavy atom. The molecule has 136 valence electrons. The SMILES string of the molecule is CCN(Cc1ccccc1)c1ccc(N=Nc2ccc([N+](=O)[O-])cc2)cc1. The molecule has 0 amide bonds. The number of azo groups is 1. The Labute approximate surface area is 158 Å². The van der Waals surface area contributed by atoms with Crippen LogP contribution in [0.2, 0.25) is 0 Å². The molecule has 0 atom stereocenters. The summed E-state index contributed by atoms with van der Waals surface area (Å²) in [7, 11) is 0.